The van der Waals surface area contributed by atoms with Gasteiger partial charge in [0.1, 0.15) is 48.0 Å². The van der Waals surface area contributed by atoms with E-state index in [0.29, 0.717) is 29.7 Å². The number of aliphatic carboxylic acids is 1. The molecule has 4 aromatic carbocycles. The Hall–Kier alpha value is -7.40. The molecule has 0 bridgehead atoms. The molecule has 0 radical (unpaired) electrons. The number of aromatic nitrogens is 1. The molecule has 8 atom stereocenters. The monoisotopic (exact) mass is 1120 g/mol. The summed E-state index contributed by atoms with van der Waals surface area (Å²) in [5.41, 5.74) is 10.5. The average molecular weight is 1120 g/mol. The van der Waals surface area contributed by atoms with Crippen LogP contribution in [0.25, 0.3) is 10.9 Å². The van der Waals surface area contributed by atoms with Gasteiger partial charge in [-0.15, -0.1) is 0 Å². The molecule has 5 aromatic rings. The maximum Gasteiger partial charge on any atom is 0.326 e. The summed E-state index contributed by atoms with van der Waals surface area (Å²) in [6, 6.07) is 19.6. The number of fused-ring (bicyclic) bond motifs is 2. The summed E-state index contributed by atoms with van der Waals surface area (Å²) in [6.45, 7) is 7.15. The molecule has 2 aliphatic rings. The number of rotatable bonds is 15. The van der Waals surface area contributed by atoms with Crippen LogP contribution in [0.1, 0.15) is 68.4 Å². The maximum atomic E-state index is 15.2. The number of aromatic amines is 1. The zero-order valence-electron chi connectivity index (χ0n) is 44.5. The number of benzene rings is 4. The van der Waals surface area contributed by atoms with Gasteiger partial charge in [0.2, 0.25) is 41.4 Å². The van der Waals surface area contributed by atoms with Gasteiger partial charge in [-0.3, -0.25) is 33.6 Å². The second-order valence-electron chi connectivity index (χ2n) is 20.7. The minimum atomic E-state index is -1.45. The standard InChI is InChI=1S/C57H70N10O10S2/c1-32(2)47(56(76)77)66-54(74)46-31-78-79-57(3,4)48(67-50(70)42-27-35-15-8-9-16-36(35)29-60-42)55(75)64-44(25-33-13-6-5-7-14-33)51(71)63-45(28-37-30-59-40-18-11-10-17-39(37)40)53(73)61-41(19-12-24-58)49(69)62-43(52(72)65-46)26-34-20-22-38(68)23-21-34/h5-11,13-18,20-23,30,32,41-48,59-60,68H,12,19,24-29,31,58H2,1-4H3,(H,61,73)(H,62,69)(H,63,71)(H,64,75)(H,65,72)(H,66,74)(H,67,70)(H,76,77)/t41-,42-,43-,44-,45+,46-,47-,48+/m0/s1. The third-order valence-corrected chi connectivity index (χ3v) is 17.3. The number of carboxylic acid groups (broad SMARTS) is 1. The first-order chi connectivity index (χ1) is 37.8. The van der Waals surface area contributed by atoms with E-state index >= 15 is 9.59 Å². The van der Waals surface area contributed by atoms with Crippen LogP contribution in [0.2, 0.25) is 0 Å². The highest BCUT2D eigenvalue weighted by atomic mass is 33.1. The number of carbonyl (C=O) groups is 8. The molecular weight excluding hydrogens is 1050 g/mol. The van der Waals surface area contributed by atoms with Crippen molar-refractivity contribution in [3.63, 3.8) is 0 Å². The van der Waals surface area contributed by atoms with Gasteiger partial charge in [-0.2, -0.15) is 0 Å². The zero-order valence-corrected chi connectivity index (χ0v) is 46.1. The number of nitrogens with two attached hydrogens (primary N) is 1. The summed E-state index contributed by atoms with van der Waals surface area (Å²) in [6.07, 6.45) is 2.00. The number of phenolic OH excluding ortho intramolecular Hbond substituents is 1. The van der Waals surface area contributed by atoms with Crippen LogP contribution in [0, 0.1) is 5.92 Å². The SMILES string of the molecule is CC(C)[C@H](NC(=O)[C@@H]1CSSC(C)(C)[C@H](NC(=O)[C@@H]2Cc3ccccc3CN2)C(=O)N[C@@H](Cc2ccccc2)C(=O)N[C@H](Cc2c[nH]c3ccccc23)C(=O)N[C@@H](CCCN)C(=O)N[C@@H](Cc2ccc(O)cc2)C(=O)N1)C(=O)O. The second-order valence-corrected chi connectivity index (χ2v) is 23.7. The molecule has 0 spiro atoms. The van der Waals surface area contributed by atoms with E-state index in [0.717, 1.165) is 43.6 Å². The summed E-state index contributed by atoms with van der Waals surface area (Å²) >= 11 is 0. The van der Waals surface area contributed by atoms with Crippen molar-refractivity contribution in [3.8, 4) is 5.75 Å². The largest absolute Gasteiger partial charge is 0.508 e. The molecule has 20 nitrogen and oxygen atoms in total. The summed E-state index contributed by atoms with van der Waals surface area (Å²) < 4.78 is -1.26. The highest BCUT2D eigenvalue weighted by molar-refractivity contribution is 8.77. The quantitative estimate of drug-likeness (QED) is 0.0672. The minimum Gasteiger partial charge on any atom is -0.508 e. The van der Waals surface area contributed by atoms with Crippen molar-refractivity contribution in [2.75, 3.05) is 12.3 Å². The van der Waals surface area contributed by atoms with Crippen LogP contribution in [-0.2, 0) is 70.6 Å². The number of amides is 7. The molecule has 13 N–H and O–H groups in total. The van der Waals surface area contributed by atoms with Gasteiger partial charge < -0.3 is 63.5 Å². The molecule has 0 aliphatic carbocycles. The summed E-state index contributed by atoms with van der Waals surface area (Å²) in [4.78, 5) is 119. The van der Waals surface area contributed by atoms with Gasteiger partial charge in [0, 0.05) is 53.4 Å². The fraction of sp³-hybridized carbons (Fsp3) is 0.404. The van der Waals surface area contributed by atoms with Crippen LogP contribution in [0.3, 0.4) is 0 Å². The van der Waals surface area contributed by atoms with Crippen LogP contribution >= 0.6 is 21.6 Å². The van der Waals surface area contributed by atoms with Crippen molar-refractivity contribution in [1.29, 1.82) is 0 Å². The van der Waals surface area contributed by atoms with E-state index in [1.54, 1.807) is 76.4 Å². The van der Waals surface area contributed by atoms with Crippen LogP contribution in [0.5, 0.6) is 5.75 Å². The number of phenols is 1. The lowest BCUT2D eigenvalue weighted by atomic mass is 9.94. The van der Waals surface area contributed by atoms with Gasteiger partial charge in [0.25, 0.3) is 0 Å². The van der Waals surface area contributed by atoms with Crippen LogP contribution in [0.4, 0.5) is 0 Å². The van der Waals surface area contributed by atoms with Crippen LogP contribution < -0.4 is 48.3 Å². The van der Waals surface area contributed by atoms with Crippen molar-refractivity contribution >= 4 is 79.8 Å². The first kappa shape index (κ1) is 59.3. The average Bonchev–Trinajstić information content (AvgIpc) is 3.84. The molecule has 7 amide bonds. The fourth-order valence-electron chi connectivity index (χ4n) is 9.49. The number of hydrogen-bond acceptors (Lipinski definition) is 13. The van der Waals surface area contributed by atoms with E-state index in [-0.39, 0.29) is 50.2 Å². The third kappa shape index (κ3) is 16.1. The molecule has 22 heteroatoms. The number of carboxylic acids is 1. The van der Waals surface area contributed by atoms with E-state index in [9.17, 15) is 39.0 Å². The number of nitrogens with one attached hydrogen (secondary N) is 9. The molecule has 79 heavy (non-hydrogen) atoms. The van der Waals surface area contributed by atoms with Crippen molar-refractivity contribution < 1.29 is 48.6 Å². The Balaban J connectivity index is 1.31. The molecule has 7 rings (SSSR count). The first-order valence-electron chi connectivity index (χ1n) is 26.3. The van der Waals surface area contributed by atoms with Gasteiger partial charge in [0.05, 0.1) is 6.04 Å². The Morgan fingerprint density at radius 3 is 1.91 bits per heavy atom. The normalized spacial score (nSPS) is 22.9. The van der Waals surface area contributed by atoms with Crippen molar-refractivity contribution in [1.82, 2.24) is 47.5 Å². The molecule has 0 unspecified atom stereocenters. The highest BCUT2D eigenvalue weighted by Gasteiger charge is 2.42. The van der Waals surface area contributed by atoms with Gasteiger partial charge in [-0.1, -0.05) is 120 Å². The summed E-state index contributed by atoms with van der Waals surface area (Å²) in [5, 5.41) is 44.0. The number of aromatic hydroxyl groups is 1. The number of carbonyl (C=O) groups excluding carboxylic acids is 7. The zero-order chi connectivity index (χ0) is 56.8. The summed E-state index contributed by atoms with van der Waals surface area (Å²) in [7, 11) is 2.17. The van der Waals surface area contributed by atoms with Gasteiger partial charge in [-0.25, -0.2) is 4.79 Å². The highest BCUT2D eigenvalue weighted by Crippen LogP contribution is 2.39. The van der Waals surface area contributed by atoms with E-state index in [1.165, 1.54) is 12.1 Å². The van der Waals surface area contributed by atoms with Crippen LogP contribution in [0.15, 0.2) is 109 Å². The lowest BCUT2D eigenvalue weighted by molar-refractivity contribution is -0.143. The number of para-hydroxylation sites is 1. The summed E-state index contributed by atoms with van der Waals surface area (Å²) in [5.74, 6) is -7.40. The van der Waals surface area contributed by atoms with Crippen LogP contribution in [-0.4, -0.2) is 128 Å². The van der Waals surface area contributed by atoms with Crippen molar-refractivity contribution in [2.45, 2.75) is 126 Å². The Morgan fingerprint density at radius 1 is 0.684 bits per heavy atom. The molecule has 0 saturated carbocycles. The maximum absolute atomic E-state index is 15.2. The van der Waals surface area contributed by atoms with Gasteiger partial charge >= 0.3 is 5.97 Å². The molecule has 1 saturated heterocycles. The molecular formula is C57H70N10O10S2. The first-order valence-corrected chi connectivity index (χ1v) is 28.6. The fourth-order valence-corrected chi connectivity index (χ4v) is 12.3. The minimum absolute atomic E-state index is 0.00147. The van der Waals surface area contributed by atoms with E-state index in [1.807, 2.05) is 48.5 Å². The topological polar surface area (TPSA) is 315 Å². The van der Waals surface area contributed by atoms with E-state index < -0.39 is 106 Å². The smallest absolute Gasteiger partial charge is 0.326 e. The number of hydrogen-bond donors (Lipinski definition) is 12. The van der Waals surface area contributed by atoms with Crippen molar-refractivity contribution in [2.24, 2.45) is 11.7 Å². The molecule has 2 aliphatic heterocycles. The van der Waals surface area contributed by atoms with Crippen molar-refractivity contribution in [3.05, 3.63) is 137 Å². The van der Waals surface area contributed by atoms with E-state index in [2.05, 4.69) is 47.5 Å². The Bertz CT molecular complexity index is 2980. The Morgan fingerprint density at radius 2 is 1.25 bits per heavy atom. The molecule has 420 valence electrons. The predicted molar refractivity (Wildman–Crippen MR) is 303 cm³/mol. The molecule has 1 fully saturated rings. The van der Waals surface area contributed by atoms with E-state index in [4.69, 9.17) is 5.73 Å². The van der Waals surface area contributed by atoms with Gasteiger partial charge in [0.15, 0.2) is 0 Å². The Kier molecular flexibility index (Phi) is 20.6. The predicted octanol–water partition coefficient (Wildman–Crippen LogP) is 2.66. The number of H-pyrrole nitrogens is 1. The molecule has 3 heterocycles. The lowest BCUT2D eigenvalue weighted by Crippen LogP contribution is -2.63. The third-order valence-electron chi connectivity index (χ3n) is 14.0. The lowest BCUT2D eigenvalue weighted by Gasteiger charge is -2.36. The second kappa shape index (κ2) is 27.5. The molecule has 1 aromatic heterocycles. The Labute approximate surface area is 466 Å². The van der Waals surface area contributed by atoms with Gasteiger partial charge in [-0.05, 0) is 91.6 Å².